The molecule has 0 spiro atoms. The Kier molecular flexibility index (Phi) is 7.43. The summed E-state index contributed by atoms with van der Waals surface area (Å²) in [5.41, 5.74) is 2.15. The van der Waals surface area contributed by atoms with Gasteiger partial charge in [-0.1, -0.05) is 31.9 Å². The van der Waals surface area contributed by atoms with Gasteiger partial charge in [0.2, 0.25) is 0 Å². The lowest BCUT2D eigenvalue weighted by atomic mass is 10.2. The Labute approximate surface area is 139 Å². The monoisotopic (exact) mass is 315 g/mol. The molecule has 2 rings (SSSR count). The van der Waals surface area contributed by atoms with Gasteiger partial charge in [-0.3, -0.25) is 4.99 Å². The zero-order valence-corrected chi connectivity index (χ0v) is 14.4. The number of rotatable bonds is 9. The fourth-order valence-electron chi connectivity index (χ4n) is 2.48. The van der Waals surface area contributed by atoms with Crippen molar-refractivity contribution in [3.05, 3.63) is 30.1 Å². The van der Waals surface area contributed by atoms with E-state index in [1.54, 1.807) is 0 Å². The number of nitrogens with one attached hydrogen (secondary N) is 3. The van der Waals surface area contributed by atoms with Crippen molar-refractivity contribution in [1.82, 2.24) is 20.6 Å². The highest BCUT2D eigenvalue weighted by Gasteiger charge is 2.01. The highest BCUT2D eigenvalue weighted by atomic mass is 15.2. The maximum absolute atomic E-state index is 4.63. The summed E-state index contributed by atoms with van der Waals surface area (Å²) >= 11 is 0. The van der Waals surface area contributed by atoms with Crippen molar-refractivity contribution >= 4 is 17.0 Å². The van der Waals surface area contributed by atoms with Crippen molar-refractivity contribution in [3.63, 3.8) is 0 Å². The summed E-state index contributed by atoms with van der Waals surface area (Å²) in [6, 6.07) is 8.15. The molecule has 0 fully saturated rings. The molecule has 0 aliphatic rings. The van der Waals surface area contributed by atoms with Crippen LogP contribution in [0.15, 0.2) is 29.3 Å². The van der Waals surface area contributed by atoms with E-state index in [4.69, 9.17) is 0 Å². The summed E-state index contributed by atoms with van der Waals surface area (Å²) in [4.78, 5) is 12.6. The van der Waals surface area contributed by atoms with Gasteiger partial charge in [0.25, 0.3) is 0 Å². The third-order valence-corrected chi connectivity index (χ3v) is 3.70. The molecule has 5 nitrogen and oxygen atoms in total. The van der Waals surface area contributed by atoms with Crippen LogP contribution < -0.4 is 10.6 Å². The van der Waals surface area contributed by atoms with Crippen LogP contribution in [0.2, 0.25) is 0 Å². The quantitative estimate of drug-likeness (QED) is 0.378. The van der Waals surface area contributed by atoms with E-state index in [9.17, 15) is 0 Å². The number of hydrogen-bond donors (Lipinski definition) is 3. The first kappa shape index (κ1) is 17.3. The molecule has 0 atom stereocenters. The third-order valence-electron chi connectivity index (χ3n) is 3.70. The van der Waals surface area contributed by atoms with Crippen LogP contribution in [-0.4, -0.2) is 35.6 Å². The minimum Gasteiger partial charge on any atom is -0.357 e. The minimum absolute atomic E-state index is 0.806. The van der Waals surface area contributed by atoms with E-state index in [0.717, 1.165) is 55.3 Å². The molecule has 0 unspecified atom stereocenters. The second kappa shape index (κ2) is 9.87. The lowest BCUT2D eigenvalue weighted by molar-refractivity contribution is 0.681. The molecule has 0 radical (unpaired) electrons. The van der Waals surface area contributed by atoms with Crippen molar-refractivity contribution in [2.24, 2.45) is 4.99 Å². The average molecular weight is 315 g/mol. The van der Waals surface area contributed by atoms with Crippen molar-refractivity contribution in [3.8, 4) is 0 Å². The molecule has 0 saturated heterocycles. The summed E-state index contributed by atoms with van der Waals surface area (Å²) in [6.07, 6.45) is 5.62. The van der Waals surface area contributed by atoms with E-state index in [2.05, 4.69) is 45.5 Å². The number of benzene rings is 1. The zero-order chi connectivity index (χ0) is 16.3. The van der Waals surface area contributed by atoms with E-state index < -0.39 is 0 Å². The highest BCUT2D eigenvalue weighted by molar-refractivity contribution is 5.79. The number of imidazole rings is 1. The van der Waals surface area contributed by atoms with E-state index >= 15 is 0 Å². The van der Waals surface area contributed by atoms with Gasteiger partial charge in [-0.2, -0.15) is 0 Å². The van der Waals surface area contributed by atoms with Crippen LogP contribution in [0.4, 0.5) is 0 Å². The molecule has 0 bridgehead atoms. The smallest absolute Gasteiger partial charge is 0.191 e. The van der Waals surface area contributed by atoms with Gasteiger partial charge in [-0.05, 0) is 31.9 Å². The van der Waals surface area contributed by atoms with E-state index in [1.807, 2.05) is 18.2 Å². The second-order valence-electron chi connectivity index (χ2n) is 5.70. The largest absolute Gasteiger partial charge is 0.357 e. The van der Waals surface area contributed by atoms with Gasteiger partial charge in [0.05, 0.1) is 11.0 Å². The summed E-state index contributed by atoms with van der Waals surface area (Å²) in [5.74, 6) is 1.97. The number of guanidine groups is 1. The van der Waals surface area contributed by atoms with Crippen LogP contribution >= 0.6 is 0 Å². The van der Waals surface area contributed by atoms with Crippen molar-refractivity contribution in [1.29, 1.82) is 0 Å². The minimum atomic E-state index is 0.806. The van der Waals surface area contributed by atoms with Gasteiger partial charge in [-0.25, -0.2) is 4.98 Å². The lowest BCUT2D eigenvalue weighted by Gasteiger charge is -2.10. The van der Waals surface area contributed by atoms with Gasteiger partial charge in [0.15, 0.2) is 5.96 Å². The highest BCUT2D eigenvalue weighted by Crippen LogP contribution is 2.11. The van der Waals surface area contributed by atoms with Gasteiger partial charge >= 0.3 is 0 Å². The molecule has 0 aliphatic heterocycles. The molecule has 1 heterocycles. The summed E-state index contributed by atoms with van der Waals surface area (Å²) in [5, 5.41) is 6.69. The van der Waals surface area contributed by atoms with E-state index in [1.165, 1.54) is 19.3 Å². The number of hydrogen-bond acceptors (Lipinski definition) is 2. The number of aliphatic imine (C=N–C) groups is 1. The second-order valence-corrected chi connectivity index (χ2v) is 5.70. The summed E-state index contributed by atoms with van der Waals surface area (Å²) in [7, 11) is 0. The third kappa shape index (κ3) is 5.93. The first-order valence-electron chi connectivity index (χ1n) is 8.79. The van der Waals surface area contributed by atoms with Crippen LogP contribution in [0.1, 0.15) is 45.4 Å². The zero-order valence-electron chi connectivity index (χ0n) is 14.4. The molecule has 23 heavy (non-hydrogen) atoms. The molecule has 1 aromatic carbocycles. The lowest BCUT2D eigenvalue weighted by Crippen LogP contribution is -2.37. The van der Waals surface area contributed by atoms with Gasteiger partial charge in [-0.15, -0.1) is 0 Å². The molecule has 3 N–H and O–H groups in total. The normalized spacial score (nSPS) is 11.8. The SMILES string of the molecule is CCCCCNC(=NCCCc1nc2ccccc2[nH]1)NCC. The standard InChI is InChI=1S/C18H29N5/c1-3-5-8-13-20-18(19-4-2)21-14-9-12-17-22-15-10-6-7-11-16(15)23-17/h6-7,10-11H,3-5,8-9,12-14H2,1-2H3,(H,22,23)(H2,19,20,21). The van der Waals surface area contributed by atoms with Gasteiger partial charge in [0.1, 0.15) is 5.82 Å². The van der Waals surface area contributed by atoms with E-state index in [-0.39, 0.29) is 0 Å². The number of fused-ring (bicyclic) bond motifs is 1. The number of nitrogens with zero attached hydrogens (tertiary/aromatic N) is 2. The predicted octanol–water partition coefficient (Wildman–Crippen LogP) is 3.24. The fraction of sp³-hybridized carbons (Fsp3) is 0.556. The summed E-state index contributed by atoms with van der Waals surface area (Å²) < 4.78 is 0. The number of aryl methyl sites for hydroxylation is 1. The van der Waals surface area contributed by atoms with Crippen molar-refractivity contribution < 1.29 is 0 Å². The predicted molar refractivity (Wildman–Crippen MR) is 97.9 cm³/mol. The molecule has 2 aromatic rings. The average Bonchev–Trinajstić information content (AvgIpc) is 2.98. The topological polar surface area (TPSA) is 65.1 Å². The Bertz CT molecular complexity index is 569. The Morgan fingerprint density at radius 2 is 2.00 bits per heavy atom. The molecule has 1 aromatic heterocycles. The maximum atomic E-state index is 4.63. The molecular formula is C18H29N5. The van der Waals surface area contributed by atoms with Crippen molar-refractivity contribution in [2.45, 2.75) is 46.0 Å². The number of aromatic nitrogens is 2. The van der Waals surface area contributed by atoms with Crippen LogP contribution in [0.25, 0.3) is 11.0 Å². The van der Waals surface area contributed by atoms with Gasteiger partial charge in [0, 0.05) is 26.1 Å². The number of unbranched alkanes of at least 4 members (excludes halogenated alkanes) is 2. The fourth-order valence-corrected chi connectivity index (χ4v) is 2.48. The first-order chi connectivity index (χ1) is 11.3. The molecule has 0 saturated carbocycles. The number of para-hydroxylation sites is 2. The van der Waals surface area contributed by atoms with Crippen LogP contribution in [-0.2, 0) is 6.42 Å². The first-order valence-corrected chi connectivity index (χ1v) is 8.79. The van der Waals surface area contributed by atoms with Crippen LogP contribution in [0.3, 0.4) is 0 Å². The number of aromatic amines is 1. The molecule has 5 heteroatoms. The Hall–Kier alpha value is -2.04. The van der Waals surface area contributed by atoms with Crippen molar-refractivity contribution in [2.75, 3.05) is 19.6 Å². The van der Waals surface area contributed by atoms with E-state index in [0.29, 0.717) is 0 Å². The Morgan fingerprint density at radius 1 is 1.13 bits per heavy atom. The number of H-pyrrole nitrogens is 1. The Morgan fingerprint density at radius 3 is 2.78 bits per heavy atom. The van der Waals surface area contributed by atoms with Crippen LogP contribution in [0, 0.1) is 0 Å². The van der Waals surface area contributed by atoms with Gasteiger partial charge < -0.3 is 15.6 Å². The maximum Gasteiger partial charge on any atom is 0.191 e. The molecular weight excluding hydrogens is 286 g/mol. The van der Waals surface area contributed by atoms with Crippen LogP contribution in [0.5, 0.6) is 0 Å². The molecule has 126 valence electrons. The molecule has 0 amide bonds. The summed E-state index contributed by atoms with van der Waals surface area (Å²) in [6.45, 7) is 7.00. The Balaban J connectivity index is 1.76. The molecule has 0 aliphatic carbocycles.